The van der Waals surface area contributed by atoms with E-state index >= 15 is 0 Å². The Morgan fingerprint density at radius 2 is 1.77 bits per heavy atom. The summed E-state index contributed by atoms with van der Waals surface area (Å²) in [6.07, 6.45) is 5.18. The number of thioether (sulfide) groups is 1. The zero-order chi connectivity index (χ0) is 21.0. The number of amides is 1. The molecular weight excluding hydrogens is 422 g/mol. The standard InChI is InChI=1S/C21H27N3O4S2/c25-21(17-3-5-19(6-4-17)30(26,27)24-8-1-2-9-24)22-15-20(18-7-12-28-16-18)23-10-13-29-14-11-23/h3-7,12,16,20H,1-2,8-11,13-15H2,(H,22,25)/t20-/m1/s1. The smallest absolute Gasteiger partial charge is 0.251 e. The van der Waals surface area contributed by atoms with E-state index in [1.807, 2.05) is 17.8 Å². The van der Waals surface area contributed by atoms with Gasteiger partial charge in [-0.15, -0.1) is 0 Å². The molecule has 0 bridgehead atoms. The molecule has 2 aliphatic rings. The maximum Gasteiger partial charge on any atom is 0.251 e. The first-order chi connectivity index (χ1) is 14.6. The molecule has 3 heterocycles. The summed E-state index contributed by atoms with van der Waals surface area (Å²) in [5, 5.41) is 3.01. The van der Waals surface area contributed by atoms with Gasteiger partial charge in [-0.2, -0.15) is 16.1 Å². The number of nitrogens with one attached hydrogen (secondary N) is 1. The summed E-state index contributed by atoms with van der Waals surface area (Å²) in [4.78, 5) is 15.3. The monoisotopic (exact) mass is 449 g/mol. The zero-order valence-electron chi connectivity index (χ0n) is 16.8. The number of hydrogen-bond donors (Lipinski definition) is 1. The van der Waals surface area contributed by atoms with E-state index in [0.29, 0.717) is 25.2 Å². The lowest BCUT2D eigenvalue weighted by Crippen LogP contribution is -2.41. The van der Waals surface area contributed by atoms with Crippen LogP contribution in [0.25, 0.3) is 0 Å². The molecule has 1 aromatic heterocycles. The Hall–Kier alpha value is -1.81. The van der Waals surface area contributed by atoms with Crippen molar-refractivity contribution in [3.8, 4) is 0 Å². The van der Waals surface area contributed by atoms with E-state index in [-0.39, 0.29) is 16.8 Å². The molecule has 162 valence electrons. The minimum atomic E-state index is -3.47. The van der Waals surface area contributed by atoms with Gasteiger partial charge in [0.1, 0.15) is 0 Å². The molecule has 7 nitrogen and oxygen atoms in total. The molecular formula is C21H27N3O4S2. The molecule has 0 unspecified atom stereocenters. The lowest BCUT2D eigenvalue weighted by Gasteiger charge is -2.34. The highest BCUT2D eigenvalue weighted by Crippen LogP contribution is 2.25. The topological polar surface area (TPSA) is 82.9 Å². The molecule has 2 saturated heterocycles. The zero-order valence-corrected chi connectivity index (χ0v) is 18.5. The fraction of sp³-hybridized carbons (Fsp3) is 0.476. The van der Waals surface area contributed by atoms with E-state index < -0.39 is 10.0 Å². The largest absolute Gasteiger partial charge is 0.472 e. The minimum Gasteiger partial charge on any atom is -0.472 e. The second kappa shape index (κ2) is 9.55. The van der Waals surface area contributed by atoms with Crippen molar-refractivity contribution in [3.05, 3.63) is 54.0 Å². The predicted octanol–water partition coefficient (Wildman–Crippen LogP) is 2.58. The van der Waals surface area contributed by atoms with Crippen LogP contribution in [0.5, 0.6) is 0 Å². The molecule has 2 aliphatic heterocycles. The van der Waals surface area contributed by atoms with Gasteiger partial charge in [0.05, 0.1) is 23.5 Å². The van der Waals surface area contributed by atoms with Crippen LogP contribution in [-0.2, 0) is 10.0 Å². The average Bonchev–Trinajstić information content (AvgIpc) is 3.49. The first kappa shape index (κ1) is 21.4. The van der Waals surface area contributed by atoms with Crippen molar-refractivity contribution in [3.63, 3.8) is 0 Å². The van der Waals surface area contributed by atoms with E-state index in [2.05, 4.69) is 10.2 Å². The first-order valence-corrected chi connectivity index (χ1v) is 12.9. The molecule has 2 aromatic rings. The van der Waals surface area contributed by atoms with Crippen molar-refractivity contribution in [2.45, 2.75) is 23.8 Å². The third kappa shape index (κ3) is 4.74. The fourth-order valence-corrected chi connectivity index (χ4v) is 6.41. The normalized spacial score (nSPS) is 19.6. The summed E-state index contributed by atoms with van der Waals surface area (Å²) < 4.78 is 32.1. The van der Waals surface area contributed by atoms with E-state index in [4.69, 9.17) is 4.42 Å². The van der Waals surface area contributed by atoms with E-state index in [1.54, 1.807) is 24.7 Å². The molecule has 0 saturated carbocycles. The Labute approximate surface area is 181 Å². The second-order valence-electron chi connectivity index (χ2n) is 7.57. The third-order valence-corrected chi connectivity index (χ3v) is 8.55. The maximum atomic E-state index is 12.7. The molecule has 9 heteroatoms. The number of furan rings is 1. The van der Waals surface area contributed by atoms with Crippen molar-refractivity contribution in [1.29, 1.82) is 0 Å². The molecule has 30 heavy (non-hydrogen) atoms. The van der Waals surface area contributed by atoms with Crippen LogP contribution >= 0.6 is 11.8 Å². The molecule has 0 spiro atoms. The molecule has 1 N–H and O–H groups in total. The van der Waals surface area contributed by atoms with Crippen molar-refractivity contribution in [2.24, 2.45) is 0 Å². The molecule has 2 fully saturated rings. The summed E-state index contributed by atoms with van der Waals surface area (Å²) in [6, 6.07) is 8.22. The van der Waals surface area contributed by atoms with Gasteiger partial charge in [0.15, 0.2) is 0 Å². The quantitative estimate of drug-likeness (QED) is 0.700. The average molecular weight is 450 g/mol. The molecule has 1 amide bonds. The van der Waals surface area contributed by atoms with E-state index in [9.17, 15) is 13.2 Å². The van der Waals surface area contributed by atoms with Crippen LogP contribution < -0.4 is 5.32 Å². The fourth-order valence-electron chi connectivity index (χ4n) is 3.96. The highest BCUT2D eigenvalue weighted by molar-refractivity contribution is 7.99. The van der Waals surface area contributed by atoms with Crippen LogP contribution in [0.15, 0.2) is 52.2 Å². The Kier molecular flexibility index (Phi) is 6.82. The van der Waals surface area contributed by atoms with E-state index in [1.165, 1.54) is 16.4 Å². The van der Waals surface area contributed by atoms with Crippen LogP contribution in [0, 0.1) is 0 Å². The van der Waals surface area contributed by atoms with Crippen LogP contribution in [0.1, 0.15) is 34.8 Å². The first-order valence-electron chi connectivity index (χ1n) is 10.3. The number of sulfonamides is 1. The summed E-state index contributed by atoms with van der Waals surface area (Å²) in [5.74, 6) is 1.95. The van der Waals surface area contributed by atoms with Gasteiger partial charge in [0, 0.05) is 55.4 Å². The molecule has 1 atom stereocenters. The Morgan fingerprint density at radius 3 is 2.40 bits per heavy atom. The van der Waals surface area contributed by atoms with E-state index in [0.717, 1.165) is 43.0 Å². The second-order valence-corrected chi connectivity index (χ2v) is 10.7. The lowest BCUT2D eigenvalue weighted by molar-refractivity contribution is 0.0934. The van der Waals surface area contributed by atoms with Crippen molar-refractivity contribution in [2.75, 3.05) is 44.2 Å². The van der Waals surface area contributed by atoms with Crippen molar-refractivity contribution >= 4 is 27.7 Å². The summed E-state index contributed by atoms with van der Waals surface area (Å²) in [7, 11) is -3.47. The third-order valence-electron chi connectivity index (χ3n) is 5.69. The van der Waals surface area contributed by atoms with Gasteiger partial charge in [-0.05, 0) is 43.2 Å². The molecule has 0 radical (unpaired) electrons. The van der Waals surface area contributed by atoms with Crippen LogP contribution in [-0.4, -0.2) is 67.8 Å². The summed E-state index contributed by atoms with van der Waals surface area (Å²) in [6.45, 7) is 3.54. The Bertz CT molecular complexity index is 933. The Balaban J connectivity index is 1.41. The summed E-state index contributed by atoms with van der Waals surface area (Å²) in [5.41, 5.74) is 1.50. The van der Waals surface area contributed by atoms with Gasteiger partial charge < -0.3 is 9.73 Å². The Morgan fingerprint density at radius 1 is 1.07 bits per heavy atom. The predicted molar refractivity (Wildman–Crippen MR) is 117 cm³/mol. The van der Waals surface area contributed by atoms with Gasteiger partial charge in [-0.1, -0.05) is 0 Å². The van der Waals surface area contributed by atoms with Crippen LogP contribution in [0.3, 0.4) is 0 Å². The number of rotatable bonds is 7. The van der Waals surface area contributed by atoms with Gasteiger partial charge in [-0.25, -0.2) is 8.42 Å². The molecule has 4 rings (SSSR count). The lowest BCUT2D eigenvalue weighted by atomic mass is 10.1. The molecule has 1 aromatic carbocycles. The summed E-state index contributed by atoms with van der Waals surface area (Å²) >= 11 is 1.94. The highest BCUT2D eigenvalue weighted by atomic mass is 32.2. The number of carbonyl (C=O) groups is 1. The van der Waals surface area contributed by atoms with Gasteiger partial charge in [0.25, 0.3) is 5.91 Å². The molecule has 0 aliphatic carbocycles. The number of benzene rings is 1. The van der Waals surface area contributed by atoms with Gasteiger partial charge in [0.2, 0.25) is 10.0 Å². The van der Waals surface area contributed by atoms with Crippen LogP contribution in [0.2, 0.25) is 0 Å². The highest BCUT2D eigenvalue weighted by Gasteiger charge is 2.27. The van der Waals surface area contributed by atoms with Crippen molar-refractivity contribution in [1.82, 2.24) is 14.5 Å². The van der Waals surface area contributed by atoms with Crippen molar-refractivity contribution < 1.29 is 17.6 Å². The number of nitrogens with zero attached hydrogens (tertiary/aromatic N) is 2. The number of hydrogen-bond acceptors (Lipinski definition) is 6. The number of carbonyl (C=O) groups excluding carboxylic acids is 1. The SMILES string of the molecule is O=C(NC[C@H](c1ccoc1)N1CCSCC1)c1ccc(S(=O)(=O)N2CCCC2)cc1. The van der Waals surface area contributed by atoms with Gasteiger partial charge in [-0.3, -0.25) is 9.69 Å². The minimum absolute atomic E-state index is 0.0587. The van der Waals surface area contributed by atoms with Gasteiger partial charge >= 0.3 is 0 Å². The van der Waals surface area contributed by atoms with Crippen LogP contribution in [0.4, 0.5) is 0 Å². The maximum absolute atomic E-state index is 12.7.